The molecule has 0 aliphatic heterocycles. The standard InChI is InChI=1S/C19H21NO4/c1-3-12-24-19(22)15-6-8-16(9-7-15)20-18(21)13-14-4-10-17(23-2)11-5-14/h4-11H,3,12-13H2,1-2H3,(H,20,21). The van der Waals surface area contributed by atoms with Gasteiger partial charge in [-0.1, -0.05) is 19.1 Å². The van der Waals surface area contributed by atoms with Gasteiger partial charge in [0.15, 0.2) is 0 Å². The molecule has 2 aromatic rings. The lowest BCUT2D eigenvalue weighted by Crippen LogP contribution is -2.14. The molecular formula is C19H21NO4. The predicted octanol–water partition coefficient (Wildman–Crippen LogP) is 3.44. The lowest BCUT2D eigenvalue weighted by atomic mass is 10.1. The Kier molecular flexibility index (Phi) is 6.37. The Labute approximate surface area is 141 Å². The van der Waals surface area contributed by atoms with Gasteiger partial charge in [0.05, 0.1) is 25.7 Å². The summed E-state index contributed by atoms with van der Waals surface area (Å²) >= 11 is 0. The molecule has 5 nitrogen and oxygen atoms in total. The average Bonchev–Trinajstić information content (AvgIpc) is 2.61. The highest BCUT2D eigenvalue weighted by Crippen LogP contribution is 2.14. The highest BCUT2D eigenvalue weighted by atomic mass is 16.5. The van der Waals surface area contributed by atoms with Crippen LogP contribution in [0.3, 0.4) is 0 Å². The van der Waals surface area contributed by atoms with E-state index in [-0.39, 0.29) is 18.3 Å². The van der Waals surface area contributed by atoms with Crippen LogP contribution in [-0.2, 0) is 16.0 Å². The second-order valence-corrected chi connectivity index (χ2v) is 5.29. The predicted molar refractivity (Wildman–Crippen MR) is 92.3 cm³/mol. The lowest BCUT2D eigenvalue weighted by molar-refractivity contribution is -0.115. The summed E-state index contributed by atoms with van der Waals surface area (Å²) in [6.07, 6.45) is 1.05. The second kappa shape index (κ2) is 8.72. The SMILES string of the molecule is CCCOC(=O)c1ccc(NC(=O)Cc2ccc(OC)cc2)cc1. The van der Waals surface area contributed by atoms with Crippen LogP contribution in [0.5, 0.6) is 5.75 Å². The van der Waals surface area contributed by atoms with Crippen molar-refractivity contribution in [3.8, 4) is 5.75 Å². The first-order valence-electron chi connectivity index (χ1n) is 7.82. The largest absolute Gasteiger partial charge is 0.497 e. The van der Waals surface area contributed by atoms with Gasteiger partial charge in [0.2, 0.25) is 5.91 Å². The van der Waals surface area contributed by atoms with Crippen LogP contribution in [0.25, 0.3) is 0 Å². The molecule has 0 heterocycles. The molecule has 0 spiro atoms. The fraction of sp³-hybridized carbons (Fsp3) is 0.263. The number of carbonyl (C=O) groups excluding carboxylic acids is 2. The van der Waals surface area contributed by atoms with Crippen LogP contribution < -0.4 is 10.1 Å². The van der Waals surface area contributed by atoms with Gasteiger partial charge in [-0.05, 0) is 48.4 Å². The van der Waals surface area contributed by atoms with E-state index in [2.05, 4.69) is 5.32 Å². The number of esters is 1. The Morgan fingerprint density at radius 2 is 1.67 bits per heavy atom. The minimum atomic E-state index is -0.354. The van der Waals surface area contributed by atoms with E-state index in [1.54, 1.807) is 31.4 Å². The van der Waals surface area contributed by atoms with Gasteiger partial charge in [-0.25, -0.2) is 4.79 Å². The van der Waals surface area contributed by atoms with Gasteiger partial charge in [0, 0.05) is 5.69 Å². The molecule has 1 amide bonds. The van der Waals surface area contributed by atoms with E-state index in [1.807, 2.05) is 31.2 Å². The number of ether oxygens (including phenoxy) is 2. The zero-order chi connectivity index (χ0) is 17.4. The Balaban J connectivity index is 1.90. The number of benzene rings is 2. The van der Waals surface area contributed by atoms with Crippen LogP contribution in [0, 0.1) is 0 Å². The summed E-state index contributed by atoms with van der Waals surface area (Å²) in [5.74, 6) is 0.277. The summed E-state index contributed by atoms with van der Waals surface area (Å²) in [6, 6.07) is 14.0. The number of hydrogen-bond acceptors (Lipinski definition) is 4. The van der Waals surface area contributed by atoms with E-state index in [1.165, 1.54) is 0 Å². The molecule has 0 radical (unpaired) electrons. The summed E-state index contributed by atoms with van der Waals surface area (Å²) in [7, 11) is 1.60. The van der Waals surface area contributed by atoms with E-state index in [9.17, 15) is 9.59 Å². The normalized spacial score (nSPS) is 10.1. The second-order valence-electron chi connectivity index (χ2n) is 5.29. The van der Waals surface area contributed by atoms with Crippen molar-refractivity contribution in [2.45, 2.75) is 19.8 Å². The molecule has 0 saturated carbocycles. The third-order valence-electron chi connectivity index (χ3n) is 3.37. The molecule has 1 N–H and O–H groups in total. The molecule has 0 unspecified atom stereocenters. The fourth-order valence-electron chi connectivity index (χ4n) is 2.10. The molecular weight excluding hydrogens is 306 g/mol. The van der Waals surface area contributed by atoms with Crippen LogP contribution >= 0.6 is 0 Å². The van der Waals surface area contributed by atoms with E-state index in [0.717, 1.165) is 17.7 Å². The van der Waals surface area contributed by atoms with Crippen molar-refractivity contribution in [2.24, 2.45) is 0 Å². The molecule has 0 fully saturated rings. The van der Waals surface area contributed by atoms with Crippen molar-refractivity contribution in [1.82, 2.24) is 0 Å². The summed E-state index contributed by atoms with van der Waals surface area (Å²) in [5, 5.41) is 2.81. The molecule has 2 aromatic carbocycles. The Hall–Kier alpha value is -2.82. The number of hydrogen-bond donors (Lipinski definition) is 1. The van der Waals surface area contributed by atoms with Gasteiger partial charge in [0.25, 0.3) is 0 Å². The molecule has 0 aliphatic rings. The number of rotatable bonds is 7. The van der Waals surface area contributed by atoms with E-state index >= 15 is 0 Å². The molecule has 0 bridgehead atoms. The average molecular weight is 327 g/mol. The van der Waals surface area contributed by atoms with Crippen LogP contribution in [0.2, 0.25) is 0 Å². The minimum Gasteiger partial charge on any atom is -0.497 e. The monoisotopic (exact) mass is 327 g/mol. The summed E-state index contributed by atoms with van der Waals surface area (Å²) in [6.45, 7) is 2.34. The highest BCUT2D eigenvalue weighted by Gasteiger charge is 2.08. The van der Waals surface area contributed by atoms with Gasteiger partial charge in [0.1, 0.15) is 5.75 Å². The Morgan fingerprint density at radius 3 is 2.25 bits per heavy atom. The first-order valence-corrected chi connectivity index (χ1v) is 7.82. The smallest absolute Gasteiger partial charge is 0.338 e. The van der Waals surface area contributed by atoms with Crippen LogP contribution in [0.15, 0.2) is 48.5 Å². The van der Waals surface area contributed by atoms with Crippen LogP contribution in [-0.4, -0.2) is 25.6 Å². The zero-order valence-corrected chi connectivity index (χ0v) is 13.9. The molecule has 2 rings (SSSR count). The van der Waals surface area contributed by atoms with Crippen molar-refractivity contribution in [2.75, 3.05) is 19.0 Å². The van der Waals surface area contributed by atoms with Gasteiger partial charge in [-0.15, -0.1) is 0 Å². The number of amides is 1. The topological polar surface area (TPSA) is 64.6 Å². The van der Waals surface area contributed by atoms with Gasteiger partial charge < -0.3 is 14.8 Å². The van der Waals surface area contributed by atoms with Crippen molar-refractivity contribution in [3.05, 3.63) is 59.7 Å². The maximum Gasteiger partial charge on any atom is 0.338 e. The van der Waals surface area contributed by atoms with E-state index in [4.69, 9.17) is 9.47 Å². The third kappa shape index (κ3) is 5.12. The van der Waals surface area contributed by atoms with Crippen molar-refractivity contribution in [3.63, 3.8) is 0 Å². The van der Waals surface area contributed by atoms with Gasteiger partial charge >= 0.3 is 5.97 Å². The first-order chi connectivity index (χ1) is 11.6. The maximum atomic E-state index is 12.1. The van der Waals surface area contributed by atoms with Crippen LogP contribution in [0.4, 0.5) is 5.69 Å². The van der Waals surface area contributed by atoms with Crippen LogP contribution in [0.1, 0.15) is 29.3 Å². The summed E-state index contributed by atoms with van der Waals surface area (Å²) in [4.78, 5) is 23.8. The number of methoxy groups -OCH3 is 1. The number of nitrogens with one attached hydrogen (secondary N) is 1. The molecule has 0 atom stereocenters. The minimum absolute atomic E-state index is 0.124. The summed E-state index contributed by atoms with van der Waals surface area (Å²) < 4.78 is 10.1. The highest BCUT2D eigenvalue weighted by molar-refractivity contribution is 5.94. The first kappa shape index (κ1) is 17.5. The zero-order valence-electron chi connectivity index (χ0n) is 13.9. The van der Waals surface area contributed by atoms with Gasteiger partial charge in [-0.2, -0.15) is 0 Å². The quantitative estimate of drug-likeness (QED) is 0.791. The molecule has 126 valence electrons. The van der Waals surface area contributed by atoms with Crippen molar-refractivity contribution < 1.29 is 19.1 Å². The van der Waals surface area contributed by atoms with Crippen molar-refractivity contribution in [1.29, 1.82) is 0 Å². The number of carbonyl (C=O) groups is 2. The molecule has 5 heteroatoms. The molecule has 0 saturated heterocycles. The lowest BCUT2D eigenvalue weighted by Gasteiger charge is -2.07. The molecule has 24 heavy (non-hydrogen) atoms. The van der Waals surface area contributed by atoms with E-state index < -0.39 is 0 Å². The Morgan fingerprint density at radius 1 is 1.00 bits per heavy atom. The van der Waals surface area contributed by atoms with E-state index in [0.29, 0.717) is 17.9 Å². The van der Waals surface area contributed by atoms with Gasteiger partial charge in [-0.3, -0.25) is 4.79 Å². The number of anilines is 1. The summed E-state index contributed by atoms with van der Waals surface area (Å²) in [5.41, 5.74) is 2.00. The molecule has 0 aromatic heterocycles. The Bertz CT molecular complexity index is 678. The van der Waals surface area contributed by atoms with Crippen molar-refractivity contribution >= 4 is 17.6 Å². The maximum absolute atomic E-state index is 12.1. The third-order valence-corrected chi connectivity index (χ3v) is 3.37. The molecule has 0 aliphatic carbocycles. The fourth-order valence-corrected chi connectivity index (χ4v) is 2.10.